The van der Waals surface area contributed by atoms with Crippen LogP contribution in [0.3, 0.4) is 0 Å². The predicted octanol–water partition coefficient (Wildman–Crippen LogP) is 3.50. The van der Waals surface area contributed by atoms with Crippen molar-refractivity contribution in [2.24, 2.45) is 0 Å². The van der Waals surface area contributed by atoms with Crippen LogP contribution in [0.5, 0.6) is 5.75 Å². The van der Waals surface area contributed by atoms with Crippen molar-refractivity contribution in [1.82, 2.24) is 4.98 Å². The summed E-state index contributed by atoms with van der Waals surface area (Å²) in [5.41, 5.74) is -0.478. The summed E-state index contributed by atoms with van der Waals surface area (Å²) in [5, 5.41) is 0.600. The fourth-order valence-corrected chi connectivity index (χ4v) is 2.63. The molecule has 0 spiro atoms. The van der Waals surface area contributed by atoms with Crippen molar-refractivity contribution in [3.63, 3.8) is 0 Å². The van der Waals surface area contributed by atoms with Crippen LogP contribution in [0, 0.1) is 0 Å². The van der Waals surface area contributed by atoms with Gasteiger partial charge in [-0.2, -0.15) is 0 Å². The molecule has 0 saturated carbocycles. The molecular weight excluding hydrogens is 309 g/mol. The summed E-state index contributed by atoms with van der Waals surface area (Å²) in [4.78, 5) is 13.2. The summed E-state index contributed by atoms with van der Waals surface area (Å²) in [6.07, 6.45) is 1.54. The van der Waals surface area contributed by atoms with Crippen molar-refractivity contribution < 1.29 is 9.15 Å². The number of benzene rings is 1. The van der Waals surface area contributed by atoms with Gasteiger partial charge in [0.15, 0.2) is 5.56 Å². The van der Waals surface area contributed by atoms with Gasteiger partial charge in [-0.25, -0.2) is 4.79 Å². The molecule has 0 aliphatic carbocycles. The number of ether oxygens (including phenoxy) is 1. The molecule has 2 rings (SSSR count). The summed E-state index contributed by atoms with van der Waals surface area (Å²) in [6, 6.07) is 7.05. The minimum absolute atomic E-state index is 0.451. The Morgan fingerprint density at radius 3 is 3.00 bits per heavy atom. The standard InChI is InChI=1S/C12H11Cl2NO3S/c13-8-2-1-3-9(4-8)17-11(14)7-19-6-10-5-15-12(16)18-10/h1-5,11H,6-7H2,(H,15,16). The summed E-state index contributed by atoms with van der Waals surface area (Å²) >= 11 is 13.4. The Morgan fingerprint density at radius 2 is 2.32 bits per heavy atom. The number of aromatic nitrogens is 1. The van der Waals surface area contributed by atoms with Crippen molar-refractivity contribution in [2.45, 2.75) is 11.3 Å². The van der Waals surface area contributed by atoms with E-state index in [4.69, 9.17) is 32.4 Å². The van der Waals surface area contributed by atoms with Gasteiger partial charge in [-0.05, 0) is 18.2 Å². The number of alkyl halides is 1. The van der Waals surface area contributed by atoms with Gasteiger partial charge in [0.05, 0.1) is 5.75 Å². The summed E-state index contributed by atoms with van der Waals surface area (Å²) in [7, 11) is 0. The lowest BCUT2D eigenvalue weighted by atomic mass is 10.3. The van der Waals surface area contributed by atoms with E-state index in [1.54, 1.807) is 24.3 Å². The maximum absolute atomic E-state index is 10.8. The van der Waals surface area contributed by atoms with E-state index in [9.17, 15) is 4.79 Å². The molecule has 0 aliphatic rings. The van der Waals surface area contributed by atoms with E-state index < -0.39 is 11.3 Å². The molecule has 4 nitrogen and oxygen atoms in total. The molecule has 1 unspecified atom stereocenters. The van der Waals surface area contributed by atoms with E-state index in [0.29, 0.717) is 28.0 Å². The first kappa shape index (κ1) is 14.4. The third-order valence-corrected chi connectivity index (χ3v) is 3.82. The fourth-order valence-electron chi connectivity index (χ4n) is 1.36. The molecule has 19 heavy (non-hydrogen) atoms. The Kier molecular flexibility index (Phi) is 5.24. The summed E-state index contributed by atoms with van der Waals surface area (Å²) in [5.74, 6) is 1.88. The second-order valence-corrected chi connectivity index (χ2v) is 5.60. The molecule has 1 N–H and O–H groups in total. The van der Waals surface area contributed by atoms with Crippen LogP contribution >= 0.6 is 35.0 Å². The predicted molar refractivity (Wildman–Crippen MR) is 77.2 cm³/mol. The van der Waals surface area contributed by atoms with Gasteiger partial charge < -0.3 is 9.15 Å². The van der Waals surface area contributed by atoms with E-state index >= 15 is 0 Å². The maximum atomic E-state index is 10.8. The first-order valence-electron chi connectivity index (χ1n) is 5.45. The van der Waals surface area contributed by atoms with E-state index in [1.807, 2.05) is 0 Å². The number of rotatable bonds is 6. The average molecular weight is 320 g/mol. The minimum atomic E-state index is -0.478. The molecule has 0 bridgehead atoms. The fraction of sp³-hybridized carbons (Fsp3) is 0.250. The molecule has 1 aromatic heterocycles. The van der Waals surface area contributed by atoms with Gasteiger partial charge in [0.25, 0.3) is 0 Å². The van der Waals surface area contributed by atoms with Gasteiger partial charge in [0.1, 0.15) is 11.5 Å². The van der Waals surface area contributed by atoms with E-state index in [1.165, 1.54) is 18.0 Å². The van der Waals surface area contributed by atoms with Crippen LogP contribution in [0.25, 0.3) is 0 Å². The van der Waals surface area contributed by atoms with Crippen molar-refractivity contribution in [3.05, 3.63) is 51.8 Å². The smallest absolute Gasteiger partial charge is 0.416 e. The molecule has 0 aliphatic heterocycles. The lowest BCUT2D eigenvalue weighted by molar-refractivity contribution is 0.305. The second kappa shape index (κ2) is 6.93. The second-order valence-electron chi connectivity index (χ2n) is 3.64. The van der Waals surface area contributed by atoms with E-state index in [-0.39, 0.29) is 0 Å². The van der Waals surface area contributed by atoms with Crippen LogP contribution in [0.1, 0.15) is 5.76 Å². The number of aromatic amines is 1. The van der Waals surface area contributed by atoms with Gasteiger partial charge >= 0.3 is 5.76 Å². The van der Waals surface area contributed by atoms with Crippen LogP contribution in [0.2, 0.25) is 5.02 Å². The minimum Gasteiger partial charge on any atom is -0.474 e. The van der Waals surface area contributed by atoms with Crippen LogP contribution < -0.4 is 10.5 Å². The highest BCUT2D eigenvalue weighted by atomic mass is 35.5. The molecule has 1 atom stereocenters. The zero-order valence-corrected chi connectivity index (χ0v) is 12.1. The van der Waals surface area contributed by atoms with Gasteiger partial charge in [-0.15, -0.1) is 11.8 Å². The van der Waals surface area contributed by atoms with E-state index in [0.717, 1.165) is 0 Å². The number of hydrogen-bond acceptors (Lipinski definition) is 4. The molecule has 2 aromatic rings. The monoisotopic (exact) mass is 319 g/mol. The largest absolute Gasteiger partial charge is 0.474 e. The van der Waals surface area contributed by atoms with Crippen LogP contribution in [0.15, 0.2) is 39.7 Å². The first-order valence-corrected chi connectivity index (χ1v) is 7.42. The molecule has 102 valence electrons. The molecule has 1 heterocycles. The Morgan fingerprint density at radius 1 is 1.47 bits per heavy atom. The normalized spacial score (nSPS) is 12.3. The number of thioether (sulfide) groups is 1. The topological polar surface area (TPSA) is 55.2 Å². The Bertz CT molecular complexity index is 584. The van der Waals surface area contributed by atoms with Crippen LogP contribution in [-0.2, 0) is 5.75 Å². The highest BCUT2D eigenvalue weighted by Gasteiger charge is 2.08. The van der Waals surface area contributed by atoms with Crippen molar-refractivity contribution in [3.8, 4) is 5.75 Å². The molecule has 0 fully saturated rings. The molecule has 0 saturated heterocycles. The lowest BCUT2D eigenvalue weighted by Crippen LogP contribution is -2.11. The summed E-state index contributed by atoms with van der Waals surface area (Å²) < 4.78 is 10.4. The van der Waals surface area contributed by atoms with Crippen molar-refractivity contribution in [2.75, 3.05) is 5.75 Å². The molecule has 7 heteroatoms. The third-order valence-electron chi connectivity index (χ3n) is 2.13. The number of H-pyrrole nitrogens is 1. The number of nitrogens with one attached hydrogen (secondary N) is 1. The van der Waals surface area contributed by atoms with Gasteiger partial charge in [0.2, 0.25) is 0 Å². The number of oxazole rings is 1. The van der Waals surface area contributed by atoms with Gasteiger partial charge in [-0.3, -0.25) is 4.98 Å². The Balaban J connectivity index is 1.75. The molecule has 1 aromatic carbocycles. The zero-order valence-electron chi connectivity index (χ0n) is 9.77. The lowest BCUT2D eigenvalue weighted by Gasteiger charge is -2.12. The highest BCUT2D eigenvalue weighted by Crippen LogP contribution is 2.21. The van der Waals surface area contributed by atoms with Crippen molar-refractivity contribution in [1.29, 1.82) is 0 Å². The van der Waals surface area contributed by atoms with Crippen LogP contribution in [0.4, 0.5) is 0 Å². The third kappa shape index (κ3) is 4.86. The average Bonchev–Trinajstić information content (AvgIpc) is 2.75. The SMILES string of the molecule is O=c1[nH]cc(CSCC(Cl)Oc2cccc(Cl)c2)o1. The Labute approximate surface area is 124 Å². The Hall–Kier alpha value is -1.04. The first-order chi connectivity index (χ1) is 9.13. The highest BCUT2D eigenvalue weighted by molar-refractivity contribution is 7.98. The maximum Gasteiger partial charge on any atom is 0.416 e. The molecule has 0 radical (unpaired) electrons. The van der Waals surface area contributed by atoms with Gasteiger partial charge in [0, 0.05) is 17.0 Å². The molecular formula is C12H11Cl2NO3S. The molecule has 0 amide bonds. The van der Waals surface area contributed by atoms with Crippen LogP contribution in [-0.4, -0.2) is 16.3 Å². The number of hydrogen-bond donors (Lipinski definition) is 1. The van der Waals surface area contributed by atoms with Gasteiger partial charge in [-0.1, -0.05) is 29.3 Å². The zero-order chi connectivity index (χ0) is 13.7. The number of halogens is 2. The quantitative estimate of drug-likeness (QED) is 0.828. The van der Waals surface area contributed by atoms with E-state index in [2.05, 4.69) is 4.98 Å². The van der Waals surface area contributed by atoms with Crippen molar-refractivity contribution >= 4 is 35.0 Å². The summed E-state index contributed by atoms with van der Waals surface area (Å²) in [6.45, 7) is 0.